The van der Waals surface area contributed by atoms with Crippen LogP contribution in [0.3, 0.4) is 0 Å². The summed E-state index contributed by atoms with van der Waals surface area (Å²) >= 11 is 0. The number of aliphatic hydroxyl groups excluding tert-OH is 1. The second kappa shape index (κ2) is 6.30. The van der Waals surface area contributed by atoms with Gasteiger partial charge in [0, 0.05) is 5.69 Å². The summed E-state index contributed by atoms with van der Waals surface area (Å²) in [6, 6.07) is 12.7. The molecule has 0 aliphatic carbocycles. The Bertz CT molecular complexity index is 566. The first-order valence-electron chi connectivity index (χ1n) is 6.45. The smallest absolute Gasteiger partial charge is 0.160 e. The van der Waals surface area contributed by atoms with Crippen molar-refractivity contribution in [3.05, 3.63) is 53.6 Å². The normalized spacial score (nSPS) is 11.9. The number of phenolic OH excluding ortho intramolecular Hbond substituents is 1. The van der Waals surface area contributed by atoms with Crippen molar-refractivity contribution < 1.29 is 14.9 Å². The molecule has 0 aliphatic heterocycles. The first-order valence-corrected chi connectivity index (χ1v) is 6.45. The topological polar surface area (TPSA) is 61.7 Å². The zero-order chi connectivity index (χ0) is 14.5. The number of anilines is 1. The van der Waals surface area contributed by atoms with Crippen LogP contribution < -0.4 is 10.1 Å². The van der Waals surface area contributed by atoms with Crippen LogP contribution in [0.25, 0.3) is 0 Å². The van der Waals surface area contributed by atoms with E-state index in [0.29, 0.717) is 5.75 Å². The predicted molar refractivity (Wildman–Crippen MR) is 79.3 cm³/mol. The van der Waals surface area contributed by atoms with Crippen LogP contribution in [0.15, 0.2) is 42.5 Å². The lowest BCUT2D eigenvalue weighted by molar-refractivity contribution is 0.276. The van der Waals surface area contributed by atoms with Gasteiger partial charge >= 0.3 is 0 Å². The van der Waals surface area contributed by atoms with Gasteiger partial charge in [0.1, 0.15) is 0 Å². The van der Waals surface area contributed by atoms with Gasteiger partial charge in [-0.1, -0.05) is 23.8 Å². The lowest BCUT2D eigenvalue weighted by atomic mass is 10.1. The minimum absolute atomic E-state index is 0.0640. The lowest BCUT2D eigenvalue weighted by Gasteiger charge is -2.19. The van der Waals surface area contributed by atoms with Gasteiger partial charge in [-0.15, -0.1) is 0 Å². The van der Waals surface area contributed by atoms with Crippen molar-refractivity contribution in [3.8, 4) is 11.5 Å². The highest BCUT2D eigenvalue weighted by Crippen LogP contribution is 2.30. The van der Waals surface area contributed by atoms with Crippen LogP contribution in [-0.4, -0.2) is 23.9 Å². The average Bonchev–Trinajstić information content (AvgIpc) is 2.46. The number of hydrogen-bond donors (Lipinski definition) is 3. The monoisotopic (exact) mass is 273 g/mol. The second-order valence-corrected chi connectivity index (χ2v) is 4.68. The van der Waals surface area contributed by atoms with Gasteiger partial charge in [-0.2, -0.15) is 0 Å². The molecule has 2 aromatic carbocycles. The van der Waals surface area contributed by atoms with E-state index in [-0.39, 0.29) is 18.4 Å². The fourth-order valence-corrected chi connectivity index (χ4v) is 2.01. The highest BCUT2D eigenvalue weighted by Gasteiger charge is 2.12. The van der Waals surface area contributed by atoms with Crippen LogP contribution in [0.1, 0.15) is 17.2 Å². The molecule has 2 aromatic rings. The number of hydrogen-bond acceptors (Lipinski definition) is 4. The molecule has 1 atom stereocenters. The minimum atomic E-state index is -0.283. The van der Waals surface area contributed by atoms with E-state index in [0.717, 1.165) is 11.3 Å². The fourth-order valence-electron chi connectivity index (χ4n) is 2.01. The number of rotatable bonds is 5. The standard InChI is InChI=1S/C16H19NO3/c1-11-3-6-13(7-4-11)17-14(10-18)12-5-8-16(20-2)15(19)9-12/h3-9,14,17-19H,10H2,1-2H3. The Hall–Kier alpha value is -2.20. The quantitative estimate of drug-likeness (QED) is 0.784. The maximum Gasteiger partial charge on any atom is 0.160 e. The molecule has 0 fully saturated rings. The predicted octanol–water partition coefficient (Wildman–Crippen LogP) is 2.85. The first-order chi connectivity index (χ1) is 9.63. The Kier molecular flexibility index (Phi) is 4.48. The van der Waals surface area contributed by atoms with E-state index in [2.05, 4.69) is 5.32 Å². The van der Waals surface area contributed by atoms with Crippen LogP contribution in [-0.2, 0) is 0 Å². The van der Waals surface area contributed by atoms with E-state index in [1.807, 2.05) is 37.3 Å². The Morgan fingerprint density at radius 2 is 1.85 bits per heavy atom. The third kappa shape index (κ3) is 3.22. The van der Waals surface area contributed by atoms with Crippen molar-refractivity contribution >= 4 is 5.69 Å². The van der Waals surface area contributed by atoms with Crippen molar-refractivity contribution in [2.45, 2.75) is 13.0 Å². The van der Waals surface area contributed by atoms with Crippen molar-refractivity contribution in [1.82, 2.24) is 0 Å². The summed E-state index contributed by atoms with van der Waals surface area (Å²) in [4.78, 5) is 0. The van der Waals surface area contributed by atoms with Crippen LogP contribution in [0, 0.1) is 6.92 Å². The van der Waals surface area contributed by atoms with E-state index in [4.69, 9.17) is 4.74 Å². The third-order valence-corrected chi connectivity index (χ3v) is 3.18. The van der Waals surface area contributed by atoms with Crippen LogP contribution >= 0.6 is 0 Å². The summed E-state index contributed by atoms with van der Waals surface area (Å²) in [5.41, 5.74) is 2.90. The van der Waals surface area contributed by atoms with Gasteiger partial charge in [0.25, 0.3) is 0 Å². The fraction of sp³-hybridized carbons (Fsp3) is 0.250. The molecule has 0 aromatic heterocycles. The first kappa shape index (κ1) is 14.2. The molecule has 0 saturated carbocycles. The Balaban J connectivity index is 2.19. The van der Waals surface area contributed by atoms with Gasteiger partial charge in [-0.05, 0) is 36.8 Å². The summed E-state index contributed by atoms with van der Waals surface area (Å²) in [5, 5.41) is 22.6. The molecular formula is C16H19NO3. The summed E-state index contributed by atoms with van der Waals surface area (Å²) in [5.74, 6) is 0.481. The molecule has 0 spiro atoms. The SMILES string of the molecule is COc1ccc(C(CO)Nc2ccc(C)cc2)cc1O. The molecule has 4 nitrogen and oxygen atoms in total. The molecule has 0 radical (unpaired) electrons. The molecule has 1 unspecified atom stereocenters. The minimum Gasteiger partial charge on any atom is -0.504 e. The van der Waals surface area contributed by atoms with Crippen LogP contribution in [0.5, 0.6) is 11.5 Å². The number of aryl methyl sites for hydroxylation is 1. The Labute approximate surface area is 118 Å². The van der Waals surface area contributed by atoms with Gasteiger partial charge in [0.15, 0.2) is 11.5 Å². The van der Waals surface area contributed by atoms with E-state index in [1.165, 1.54) is 12.7 Å². The molecule has 0 aliphatic rings. The van der Waals surface area contributed by atoms with Crippen LogP contribution in [0.4, 0.5) is 5.69 Å². The average molecular weight is 273 g/mol. The highest BCUT2D eigenvalue weighted by atomic mass is 16.5. The highest BCUT2D eigenvalue weighted by molar-refractivity contribution is 5.49. The van der Waals surface area contributed by atoms with Gasteiger partial charge in [0.05, 0.1) is 19.8 Å². The molecular weight excluding hydrogens is 254 g/mol. The summed E-state index contributed by atoms with van der Waals surface area (Å²) in [6.45, 7) is 1.95. The van der Waals surface area contributed by atoms with Gasteiger partial charge in [0.2, 0.25) is 0 Å². The van der Waals surface area contributed by atoms with Gasteiger partial charge < -0.3 is 20.3 Å². The van der Waals surface area contributed by atoms with E-state index in [9.17, 15) is 10.2 Å². The molecule has 20 heavy (non-hydrogen) atoms. The van der Waals surface area contributed by atoms with E-state index >= 15 is 0 Å². The number of phenols is 1. The second-order valence-electron chi connectivity index (χ2n) is 4.68. The number of benzene rings is 2. The number of aliphatic hydroxyl groups is 1. The molecule has 0 saturated heterocycles. The van der Waals surface area contributed by atoms with Gasteiger partial charge in [-0.25, -0.2) is 0 Å². The van der Waals surface area contributed by atoms with Crippen molar-refractivity contribution in [2.24, 2.45) is 0 Å². The zero-order valence-corrected chi connectivity index (χ0v) is 11.6. The summed E-state index contributed by atoms with van der Waals surface area (Å²) in [7, 11) is 1.50. The zero-order valence-electron chi connectivity index (χ0n) is 11.6. The molecule has 2 rings (SSSR count). The van der Waals surface area contributed by atoms with Crippen molar-refractivity contribution in [3.63, 3.8) is 0 Å². The third-order valence-electron chi connectivity index (χ3n) is 3.18. The largest absolute Gasteiger partial charge is 0.504 e. The molecule has 0 heterocycles. The molecule has 3 N–H and O–H groups in total. The molecule has 106 valence electrons. The maximum absolute atomic E-state index is 9.80. The molecule has 4 heteroatoms. The summed E-state index contributed by atoms with van der Waals surface area (Å²) < 4.78 is 5.01. The molecule has 0 bridgehead atoms. The van der Waals surface area contributed by atoms with Gasteiger partial charge in [-0.3, -0.25) is 0 Å². The van der Waals surface area contributed by atoms with E-state index in [1.54, 1.807) is 12.1 Å². The van der Waals surface area contributed by atoms with E-state index < -0.39 is 0 Å². The lowest BCUT2D eigenvalue weighted by Crippen LogP contribution is -2.14. The number of aromatic hydroxyl groups is 1. The Morgan fingerprint density at radius 3 is 2.40 bits per heavy atom. The number of nitrogens with one attached hydrogen (secondary N) is 1. The van der Waals surface area contributed by atoms with Crippen molar-refractivity contribution in [1.29, 1.82) is 0 Å². The Morgan fingerprint density at radius 1 is 1.15 bits per heavy atom. The van der Waals surface area contributed by atoms with Crippen molar-refractivity contribution in [2.75, 3.05) is 19.0 Å². The van der Waals surface area contributed by atoms with Crippen LogP contribution in [0.2, 0.25) is 0 Å². The summed E-state index contributed by atoms with van der Waals surface area (Å²) in [6.07, 6.45) is 0. The maximum atomic E-state index is 9.80. The number of ether oxygens (including phenoxy) is 1. The molecule has 0 amide bonds. The number of methoxy groups -OCH3 is 1.